The van der Waals surface area contributed by atoms with Crippen molar-refractivity contribution < 1.29 is 12.3 Å². The minimum atomic E-state index is -4.40. The zero-order valence-electron chi connectivity index (χ0n) is 9.04. The Morgan fingerprint density at radius 3 is 2.53 bits per heavy atom. The van der Waals surface area contributed by atoms with Gasteiger partial charge in [-0.05, 0) is 12.0 Å². The molecule has 0 aromatic carbocycles. The van der Waals surface area contributed by atoms with Gasteiger partial charge in [0.1, 0.15) is 0 Å². The molecule has 1 aromatic rings. The number of nitrogens with one attached hydrogen (secondary N) is 1. The summed E-state index contributed by atoms with van der Waals surface area (Å²) in [5, 5.41) is 6.66. The summed E-state index contributed by atoms with van der Waals surface area (Å²) in [6.07, 6.45) is 1.70. The van der Waals surface area contributed by atoms with Crippen LogP contribution in [0, 0.1) is 0 Å². The second-order valence-corrected chi connectivity index (χ2v) is 6.00. The molecule has 86 valence electrons. The lowest BCUT2D eigenvalue weighted by molar-refractivity contribution is 0.547. The smallest absolute Gasteiger partial charge is 0.282 e. The van der Waals surface area contributed by atoms with E-state index in [1.165, 1.54) is 0 Å². The molecule has 6 heteroatoms. The van der Waals surface area contributed by atoms with Gasteiger partial charge in [0.2, 0.25) is 0 Å². The van der Waals surface area contributed by atoms with Crippen molar-refractivity contribution in [3.63, 3.8) is 0 Å². The Balaban J connectivity index is 2.84. The Labute approximate surface area is 89.1 Å². The van der Waals surface area contributed by atoms with Crippen LogP contribution < -0.4 is 0 Å². The number of hydrogen-bond donors (Lipinski definition) is 1. The monoisotopic (exact) mass is 234 g/mol. The normalized spacial score (nSPS) is 13.1. The predicted octanol–water partition coefficient (Wildman–Crippen LogP) is 1.55. The Bertz CT molecular complexity index is 431. The SMILES string of the molecule is CC(C)(C)c1[nH]ncc1CCS(=O)(=O)F. The molecule has 15 heavy (non-hydrogen) atoms. The fourth-order valence-electron chi connectivity index (χ4n) is 1.38. The van der Waals surface area contributed by atoms with E-state index in [9.17, 15) is 12.3 Å². The van der Waals surface area contributed by atoms with Crippen LogP contribution >= 0.6 is 0 Å². The Hall–Kier alpha value is -0.910. The van der Waals surface area contributed by atoms with Crippen LogP contribution in [0.3, 0.4) is 0 Å². The number of halogens is 1. The summed E-state index contributed by atoms with van der Waals surface area (Å²) >= 11 is 0. The van der Waals surface area contributed by atoms with Gasteiger partial charge in [-0.15, -0.1) is 3.89 Å². The molecule has 1 rings (SSSR count). The van der Waals surface area contributed by atoms with Gasteiger partial charge in [0.05, 0.1) is 11.9 Å². The molecule has 4 nitrogen and oxygen atoms in total. The van der Waals surface area contributed by atoms with E-state index in [-0.39, 0.29) is 11.8 Å². The third-order valence-electron chi connectivity index (χ3n) is 2.08. The highest BCUT2D eigenvalue weighted by molar-refractivity contribution is 7.86. The van der Waals surface area contributed by atoms with Crippen molar-refractivity contribution >= 4 is 10.2 Å². The van der Waals surface area contributed by atoms with Crippen molar-refractivity contribution in [1.82, 2.24) is 10.2 Å². The maximum Gasteiger partial charge on any atom is 0.302 e. The number of aromatic amines is 1. The number of nitrogens with zero attached hydrogens (tertiary/aromatic N) is 1. The first-order chi connectivity index (χ1) is 6.70. The summed E-state index contributed by atoms with van der Waals surface area (Å²) < 4.78 is 33.1. The number of rotatable bonds is 3. The minimum Gasteiger partial charge on any atom is -0.282 e. The molecule has 0 bridgehead atoms. The van der Waals surface area contributed by atoms with E-state index in [0.29, 0.717) is 0 Å². The lowest BCUT2D eigenvalue weighted by atomic mass is 9.89. The Kier molecular flexibility index (Phi) is 3.18. The quantitative estimate of drug-likeness (QED) is 0.807. The number of aryl methyl sites for hydroxylation is 1. The van der Waals surface area contributed by atoms with Crippen LogP contribution in [0.15, 0.2) is 6.20 Å². The molecule has 0 fully saturated rings. The molecule has 0 aliphatic rings. The summed E-state index contributed by atoms with van der Waals surface area (Å²) in [6.45, 7) is 5.94. The standard InChI is InChI=1S/C9H15FN2O2S/c1-9(2,3)8-7(6-11-12-8)4-5-15(10,13)14/h6H,4-5H2,1-3H3,(H,11,12). The van der Waals surface area contributed by atoms with Gasteiger partial charge in [0.15, 0.2) is 0 Å². The molecule has 1 aromatic heterocycles. The highest BCUT2D eigenvalue weighted by atomic mass is 32.3. The lowest BCUT2D eigenvalue weighted by Crippen LogP contribution is -2.15. The van der Waals surface area contributed by atoms with E-state index in [1.54, 1.807) is 6.20 Å². The van der Waals surface area contributed by atoms with Crippen molar-refractivity contribution in [2.75, 3.05) is 5.75 Å². The first-order valence-corrected chi connectivity index (χ1v) is 6.20. The minimum absolute atomic E-state index is 0.147. The highest BCUT2D eigenvalue weighted by Crippen LogP contribution is 2.23. The molecule has 0 aliphatic heterocycles. The summed E-state index contributed by atoms with van der Waals surface area (Å²) in [6, 6.07) is 0. The molecule has 0 amide bonds. The maximum atomic E-state index is 12.4. The molecule has 0 radical (unpaired) electrons. The first-order valence-electron chi connectivity index (χ1n) is 4.65. The molecular weight excluding hydrogens is 219 g/mol. The first kappa shape index (κ1) is 12.2. The van der Waals surface area contributed by atoms with Gasteiger partial charge in [0, 0.05) is 11.1 Å². The topological polar surface area (TPSA) is 62.8 Å². The third-order valence-corrected chi connectivity index (χ3v) is 2.77. The van der Waals surface area contributed by atoms with Gasteiger partial charge in [-0.2, -0.15) is 13.5 Å². The molecule has 0 spiro atoms. The van der Waals surface area contributed by atoms with E-state index < -0.39 is 16.0 Å². The van der Waals surface area contributed by atoms with Crippen molar-refractivity contribution in [1.29, 1.82) is 0 Å². The second-order valence-electron chi connectivity index (χ2n) is 4.51. The van der Waals surface area contributed by atoms with E-state index in [4.69, 9.17) is 0 Å². The molecule has 0 saturated heterocycles. The molecule has 0 aliphatic carbocycles. The molecule has 1 N–H and O–H groups in total. The average molecular weight is 234 g/mol. The van der Waals surface area contributed by atoms with E-state index in [2.05, 4.69) is 10.2 Å². The zero-order chi connectivity index (χ0) is 11.7. The fourth-order valence-corrected chi connectivity index (χ4v) is 1.85. The van der Waals surface area contributed by atoms with E-state index in [0.717, 1.165) is 11.3 Å². The van der Waals surface area contributed by atoms with Crippen LogP contribution in [-0.4, -0.2) is 24.4 Å². The van der Waals surface area contributed by atoms with Gasteiger partial charge < -0.3 is 0 Å². The fraction of sp³-hybridized carbons (Fsp3) is 0.667. The molecule has 1 heterocycles. The zero-order valence-corrected chi connectivity index (χ0v) is 9.86. The predicted molar refractivity (Wildman–Crippen MR) is 55.9 cm³/mol. The van der Waals surface area contributed by atoms with E-state index in [1.807, 2.05) is 20.8 Å². The van der Waals surface area contributed by atoms with Gasteiger partial charge >= 0.3 is 10.2 Å². The largest absolute Gasteiger partial charge is 0.302 e. The van der Waals surface area contributed by atoms with Crippen molar-refractivity contribution in [3.8, 4) is 0 Å². The van der Waals surface area contributed by atoms with Gasteiger partial charge in [-0.3, -0.25) is 5.10 Å². The molecular formula is C9H15FN2O2S. The van der Waals surface area contributed by atoms with E-state index >= 15 is 0 Å². The molecule has 0 unspecified atom stereocenters. The molecule has 0 saturated carbocycles. The summed E-state index contributed by atoms with van der Waals surface area (Å²) in [7, 11) is -4.40. The number of hydrogen-bond acceptors (Lipinski definition) is 3. The summed E-state index contributed by atoms with van der Waals surface area (Å²) in [4.78, 5) is 0. The average Bonchev–Trinajstić information content (AvgIpc) is 2.45. The van der Waals surface area contributed by atoms with Gasteiger partial charge in [-0.1, -0.05) is 20.8 Å². The van der Waals surface area contributed by atoms with Crippen LogP contribution in [-0.2, 0) is 22.1 Å². The Morgan fingerprint density at radius 1 is 1.47 bits per heavy atom. The van der Waals surface area contributed by atoms with Crippen molar-refractivity contribution in [2.24, 2.45) is 0 Å². The van der Waals surface area contributed by atoms with Crippen LogP contribution in [0.1, 0.15) is 32.0 Å². The van der Waals surface area contributed by atoms with Gasteiger partial charge in [-0.25, -0.2) is 0 Å². The Morgan fingerprint density at radius 2 is 2.07 bits per heavy atom. The van der Waals surface area contributed by atoms with Crippen LogP contribution in [0.25, 0.3) is 0 Å². The molecule has 0 atom stereocenters. The maximum absolute atomic E-state index is 12.4. The number of H-pyrrole nitrogens is 1. The van der Waals surface area contributed by atoms with Gasteiger partial charge in [0.25, 0.3) is 0 Å². The number of aromatic nitrogens is 2. The van der Waals surface area contributed by atoms with Crippen molar-refractivity contribution in [2.45, 2.75) is 32.6 Å². The second kappa shape index (κ2) is 3.92. The van der Waals surface area contributed by atoms with Crippen LogP contribution in [0.5, 0.6) is 0 Å². The highest BCUT2D eigenvalue weighted by Gasteiger charge is 2.21. The summed E-state index contributed by atoms with van der Waals surface area (Å²) in [5.74, 6) is -0.490. The van der Waals surface area contributed by atoms with Crippen LogP contribution in [0.2, 0.25) is 0 Å². The van der Waals surface area contributed by atoms with Crippen LogP contribution in [0.4, 0.5) is 3.89 Å². The lowest BCUT2D eigenvalue weighted by Gasteiger charge is -2.18. The van der Waals surface area contributed by atoms with Crippen molar-refractivity contribution in [3.05, 3.63) is 17.5 Å². The summed E-state index contributed by atoms with van der Waals surface area (Å²) in [5.41, 5.74) is 1.46. The third kappa shape index (κ3) is 3.62.